The Balaban J connectivity index is 2.03. The molecule has 9 heteroatoms. The van der Waals surface area contributed by atoms with Crippen molar-refractivity contribution in [3.05, 3.63) is 21.8 Å². The van der Waals surface area contributed by atoms with Crippen LogP contribution in [0, 0.1) is 0 Å². The Hall–Kier alpha value is -0.830. The van der Waals surface area contributed by atoms with Crippen LogP contribution in [-0.4, -0.2) is 57.0 Å². The normalized spacial score (nSPS) is 12.6. The second-order valence-electron chi connectivity index (χ2n) is 7.41. The molecule has 2 rings (SSSR count). The lowest BCUT2D eigenvalue weighted by Crippen LogP contribution is -2.13. The van der Waals surface area contributed by atoms with Gasteiger partial charge in [0.25, 0.3) is 0 Å². The zero-order valence-corrected chi connectivity index (χ0v) is 19.7. The maximum atomic E-state index is 6.28. The van der Waals surface area contributed by atoms with Gasteiger partial charge in [-0.2, -0.15) is 9.67 Å². The number of ether oxygens (including phenoxy) is 2. The van der Waals surface area contributed by atoms with Gasteiger partial charge in [0, 0.05) is 17.3 Å². The van der Waals surface area contributed by atoms with Crippen molar-refractivity contribution in [2.75, 3.05) is 31.1 Å². The molecular weight excluding hydrogens is 452 g/mol. The molecule has 2 aromatic rings. The molecule has 0 aliphatic carbocycles. The molecule has 0 aliphatic heterocycles. The number of pyridine rings is 1. The van der Waals surface area contributed by atoms with Crippen molar-refractivity contribution in [2.24, 2.45) is 0 Å². The van der Waals surface area contributed by atoms with E-state index in [0.717, 1.165) is 10.9 Å². The van der Waals surface area contributed by atoms with Crippen LogP contribution in [0.3, 0.4) is 0 Å². The maximum absolute atomic E-state index is 6.28. The lowest BCUT2D eigenvalue weighted by molar-refractivity contribution is 0.0559. The third kappa shape index (κ3) is 7.60. The monoisotopic (exact) mass is 478 g/mol. The van der Waals surface area contributed by atoms with Crippen LogP contribution < -0.4 is 4.74 Å². The Morgan fingerprint density at radius 3 is 2.63 bits per heavy atom. The van der Waals surface area contributed by atoms with Gasteiger partial charge in [0.1, 0.15) is 12.4 Å². The number of unbranched alkanes of at least 4 members (excludes halogenated alkanes) is 1. The summed E-state index contributed by atoms with van der Waals surface area (Å²) in [6.07, 6.45) is 10.9. The van der Waals surface area contributed by atoms with E-state index in [9.17, 15) is 0 Å². The van der Waals surface area contributed by atoms with Crippen molar-refractivity contribution in [1.29, 1.82) is 0 Å². The zero-order chi connectivity index (χ0) is 20.0. The van der Waals surface area contributed by atoms with Gasteiger partial charge in [0.2, 0.25) is 5.82 Å². The number of hydrogen-bond acceptors (Lipinski definition) is 5. The quantitative estimate of drug-likeness (QED) is 0.449. The first-order chi connectivity index (χ1) is 12.7. The highest BCUT2D eigenvalue weighted by atomic mass is 79.9. The van der Waals surface area contributed by atoms with Crippen LogP contribution in [0.15, 0.2) is 16.7 Å². The van der Waals surface area contributed by atoms with E-state index >= 15 is 0 Å². The summed E-state index contributed by atoms with van der Waals surface area (Å²) in [5.74, 6) is 1.68. The Bertz CT molecular complexity index is 749. The van der Waals surface area contributed by atoms with Gasteiger partial charge in [-0.1, -0.05) is 11.6 Å². The Kier molecular flexibility index (Phi) is 8.39. The average Bonchev–Trinajstić information content (AvgIpc) is 2.91. The molecule has 0 saturated heterocycles. The SMILES string of the molecule is CC(C)Oc1nc(-c2ncc(Br)cc2Cl)nn1COCCCCS(C)(C)C. The van der Waals surface area contributed by atoms with Crippen LogP contribution in [-0.2, 0) is 11.5 Å². The topological polar surface area (TPSA) is 62.1 Å². The number of rotatable bonds is 10. The van der Waals surface area contributed by atoms with Gasteiger partial charge < -0.3 is 9.47 Å². The largest absolute Gasteiger partial charge is 0.461 e. The van der Waals surface area contributed by atoms with Gasteiger partial charge in [-0.05, 0) is 73.2 Å². The maximum Gasteiger partial charge on any atom is 0.317 e. The van der Waals surface area contributed by atoms with E-state index in [1.807, 2.05) is 13.8 Å². The third-order valence-corrected chi connectivity index (χ3v) is 5.74. The summed E-state index contributed by atoms with van der Waals surface area (Å²) in [6.45, 7) is 4.85. The van der Waals surface area contributed by atoms with E-state index in [2.05, 4.69) is 49.8 Å². The van der Waals surface area contributed by atoms with Crippen LogP contribution in [0.5, 0.6) is 6.01 Å². The summed E-state index contributed by atoms with van der Waals surface area (Å²) in [6, 6.07) is 2.17. The van der Waals surface area contributed by atoms with E-state index in [-0.39, 0.29) is 12.8 Å². The molecule has 2 heterocycles. The summed E-state index contributed by atoms with van der Waals surface area (Å²) in [5.41, 5.74) is 0.514. The molecule has 152 valence electrons. The standard InChI is InChI=1S/C18H28BrClN4O2S/c1-13(2)26-18-22-17(16-15(20)10-14(19)11-21-16)23-24(18)12-25-8-6-7-9-27(3,4)5/h10-11,13H,6-9,12H2,1-5H3. The van der Waals surface area contributed by atoms with E-state index in [1.165, 1.54) is 12.2 Å². The molecule has 0 unspecified atom stereocenters. The number of aromatic nitrogens is 4. The minimum Gasteiger partial charge on any atom is -0.461 e. The van der Waals surface area contributed by atoms with Crippen LogP contribution in [0.2, 0.25) is 5.02 Å². The van der Waals surface area contributed by atoms with Crippen molar-refractivity contribution in [3.8, 4) is 17.5 Å². The van der Waals surface area contributed by atoms with Crippen molar-refractivity contribution < 1.29 is 9.47 Å². The molecule has 0 spiro atoms. The zero-order valence-electron chi connectivity index (χ0n) is 16.5. The van der Waals surface area contributed by atoms with E-state index < -0.39 is 10.0 Å². The summed E-state index contributed by atoms with van der Waals surface area (Å²) in [5, 5.41) is 4.95. The van der Waals surface area contributed by atoms with Gasteiger partial charge in [0.05, 0.1) is 11.1 Å². The van der Waals surface area contributed by atoms with Crippen LogP contribution in [0.1, 0.15) is 26.7 Å². The highest BCUT2D eigenvalue weighted by molar-refractivity contribution is 9.10. The fraction of sp³-hybridized carbons (Fsp3) is 0.611. The van der Waals surface area contributed by atoms with Crippen LogP contribution >= 0.6 is 37.6 Å². The lowest BCUT2D eigenvalue weighted by Gasteiger charge is -2.24. The number of halogens is 2. The molecule has 0 fully saturated rings. The second kappa shape index (κ2) is 10.1. The van der Waals surface area contributed by atoms with E-state index in [4.69, 9.17) is 21.1 Å². The lowest BCUT2D eigenvalue weighted by atomic mass is 10.3. The molecule has 0 amide bonds. The van der Waals surface area contributed by atoms with Crippen molar-refractivity contribution >= 4 is 37.6 Å². The second-order valence-corrected chi connectivity index (χ2v) is 13.3. The smallest absolute Gasteiger partial charge is 0.317 e. The fourth-order valence-corrected chi connectivity index (χ4v) is 4.06. The molecule has 0 bridgehead atoms. The van der Waals surface area contributed by atoms with E-state index in [1.54, 1.807) is 16.9 Å². The third-order valence-electron chi connectivity index (χ3n) is 3.51. The van der Waals surface area contributed by atoms with Gasteiger partial charge in [-0.3, -0.25) is 4.98 Å². The van der Waals surface area contributed by atoms with Crippen molar-refractivity contribution in [1.82, 2.24) is 19.7 Å². The van der Waals surface area contributed by atoms with Gasteiger partial charge >= 0.3 is 6.01 Å². The van der Waals surface area contributed by atoms with E-state index in [0.29, 0.717) is 29.2 Å². The Morgan fingerprint density at radius 1 is 1.26 bits per heavy atom. The van der Waals surface area contributed by atoms with Crippen LogP contribution in [0.4, 0.5) is 0 Å². The van der Waals surface area contributed by atoms with Crippen LogP contribution in [0.25, 0.3) is 11.5 Å². The molecule has 0 atom stereocenters. The molecule has 0 saturated carbocycles. The summed E-state index contributed by atoms with van der Waals surface area (Å²) in [7, 11) is -0.444. The summed E-state index contributed by atoms with van der Waals surface area (Å²) in [4.78, 5) is 8.76. The summed E-state index contributed by atoms with van der Waals surface area (Å²) < 4.78 is 14.0. The molecule has 0 radical (unpaired) electrons. The summed E-state index contributed by atoms with van der Waals surface area (Å²) >= 11 is 9.63. The molecule has 0 aromatic carbocycles. The van der Waals surface area contributed by atoms with Gasteiger partial charge in [-0.25, -0.2) is 10.0 Å². The minimum absolute atomic E-state index is 0.0242. The van der Waals surface area contributed by atoms with Gasteiger partial charge in [-0.15, -0.1) is 5.10 Å². The van der Waals surface area contributed by atoms with Crippen molar-refractivity contribution in [2.45, 2.75) is 39.5 Å². The molecule has 0 aliphatic rings. The van der Waals surface area contributed by atoms with Gasteiger partial charge in [0.15, 0.2) is 0 Å². The first-order valence-corrected chi connectivity index (χ1v) is 13.0. The minimum atomic E-state index is -0.444. The predicted octanol–water partition coefficient (Wildman–Crippen LogP) is 4.99. The highest BCUT2D eigenvalue weighted by Crippen LogP contribution is 2.35. The molecule has 27 heavy (non-hydrogen) atoms. The molecular formula is C18H28BrClN4O2S. The Morgan fingerprint density at radius 2 is 2.00 bits per heavy atom. The van der Waals surface area contributed by atoms with Crippen molar-refractivity contribution in [3.63, 3.8) is 0 Å². The number of nitrogens with zero attached hydrogens (tertiary/aromatic N) is 4. The molecule has 0 N–H and O–H groups in total. The Labute approximate surface area is 176 Å². The average molecular weight is 480 g/mol. The predicted molar refractivity (Wildman–Crippen MR) is 117 cm³/mol. The molecule has 2 aromatic heterocycles. The first-order valence-electron chi connectivity index (χ1n) is 8.82. The fourth-order valence-electron chi connectivity index (χ4n) is 2.28. The highest BCUT2D eigenvalue weighted by Gasteiger charge is 2.17. The molecule has 6 nitrogen and oxygen atoms in total. The first kappa shape index (κ1) is 22.5. The number of hydrogen-bond donors (Lipinski definition) is 0.